The minimum Gasteiger partial charge on any atom is -0.379 e. The topological polar surface area (TPSA) is 67.2 Å². The summed E-state index contributed by atoms with van der Waals surface area (Å²) in [5.41, 5.74) is 0.271. The van der Waals surface area contributed by atoms with E-state index in [2.05, 4.69) is 22.6 Å². The normalized spacial score (nSPS) is 10.7. The van der Waals surface area contributed by atoms with E-state index in [1.54, 1.807) is 18.2 Å². The van der Waals surface area contributed by atoms with Crippen molar-refractivity contribution in [2.75, 3.05) is 0 Å². The van der Waals surface area contributed by atoms with Gasteiger partial charge in [-0.25, -0.2) is 0 Å². The Balaban J connectivity index is 2.35. The van der Waals surface area contributed by atoms with Crippen LogP contribution in [0.2, 0.25) is 0 Å². The van der Waals surface area contributed by atoms with Crippen LogP contribution in [0.15, 0.2) is 53.4 Å². The zero-order valence-corrected chi connectivity index (χ0v) is 12.6. The molecule has 0 aromatic heterocycles. The molecule has 2 aromatic rings. The van der Waals surface area contributed by atoms with Gasteiger partial charge in [0.1, 0.15) is 10.6 Å². The third-order valence-electron chi connectivity index (χ3n) is 2.25. The second-order valence-electron chi connectivity index (χ2n) is 3.63. The molecule has 0 radical (unpaired) electrons. The summed E-state index contributed by atoms with van der Waals surface area (Å²) in [6, 6.07) is 14.3. The standard InChI is InChI=1S/C13H8INO3S/c14-11-4-2-5-12(8-11)18-19(16,17)13-6-1-3-10(7-13)9-15/h1-8H. The summed E-state index contributed by atoms with van der Waals surface area (Å²) in [6.07, 6.45) is 0. The summed E-state index contributed by atoms with van der Waals surface area (Å²) >= 11 is 2.07. The Morgan fingerprint density at radius 2 is 1.84 bits per heavy atom. The van der Waals surface area contributed by atoms with Crippen molar-refractivity contribution in [2.24, 2.45) is 0 Å². The molecule has 0 aliphatic carbocycles. The van der Waals surface area contributed by atoms with Crippen molar-refractivity contribution in [1.82, 2.24) is 0 Å². The van der Waals surface area contributed by atoms with Gasteiger partial charge in [0.05, 0.1) is 11.6 Å². The third kappa shape index (κ3) is 3.45. The summed E-state index contributed by atoms with van der Waals surface area (Å²) in [4.78, 5) is -0.0367. The highest BCUT2D eigenvalue weighted by Crippen LogP contribution is 2.21. The summed E-state index contributed by atoms with van der Waals surface area (Å²) in [6.45, 7) is 0. The summed E-state index contributed by atoms with van der Waals surface area (Å²) in [5.74, 6) is 0.245. The first-order chi connectivity index (χ1) is 9.01. The molecule has 0 atom stereocenters. The lowest BCUT2D eigenvalue weighted by Gasteiger charge is -2.07. The van der Waals surface area contributed by atoms with E-state index in [-0.39, 0.29) is 16.2 Å². The molecule has 0 N–H and O–H groups in total. The maximum atomic E-state index is 12.0. The third-order valence-corrected chi connectivity index (χ3v) is 4.17. The van der Waals surface area contributed by atoms with Crippen LogP contribution in [0.3, 0.4) is 0 Å². The maximum Gasteiger partial charge on any atom is 0.339 e. The molecule has 0 amide bonds. The summed E-state index contributed by atoms with van der Waals surface area (Å²) < 4.78 is 30.0. The van der Waals surface area contributed by atoms with E-state index in [4.69, 9.17) is 9.44 Å². The average Bonchev–Trinajstić information content (AvgIpc) is 2.38. The van der Waals surface area contributed by atoms with Crippen LogP contribution in [0.25, 0.3) is 0 Å². The zero-order valence-electron chi connectivity index (χ0n) is 9.58. The van der Waals surface area contributed by atoms with E-state index in [1.807, 2.05) is 12.1 Å². The van der Waals surface area contributed by atoms with Gasteiger partial charge in [-0.2, -0.15) is 13.7 Å². The highest BCUT2D eigenvalue weighted by molar-refractivity contribution is 14.1. The van der Waals surface area contributed by atoms with E-state index < -0.39 is 10.1 Å². The highest BCUT2D eigenvalue weighted by Gasteiger charge is 2.17. The lowest BCUT2D eigenvalue weighted by atomic mass is 10.2. The molecule has 0 bridgehead atoms. The molecule has 0 unspecified atom stereocenters. The summed E-state index contributed by atoms with van der Waals surface area (Å²) in [7, 11) is -3.92. The first kappa shape index (κ1) is 13.8. The number of hydrogen-bond acceptors (Lipinski definition) is 4. The molecule has 2 rings (SSSR count). The second-order valence-corrected chi connectivity index (χ2v) is 6.43. The molecule has 96 valence electrons. The van der Waals surface area contributed by atoms with Gasteiger partial charge >= 0.3 is 10.1 Å². The van der Waals surface area contributed by atoms with Gasteiger partial charge in [-0.05, 0) is 59.0 Å². The predicted octanol–water partition coefficient (Wildman–Crippen LogP) is 2.93. The van der Waals surface area contributed by atoms with Crippen LogP contribution in [0.4, 0.5) is 0 Å². The monoisotopic (exact) mass is 385 g/mol. The fraction of sp³-hybridized carbons (Fsp3) is 0. The largest absolute Gasteiger partial charge is 0.379 e. The smallest absolute Gasteiger partial charge is 0.339 e. The second kappa shape index (κ2) is 5.59. The quantitative estimate of drug-likeness (QED) is 0.602. The van der Waals surface area contributed by atoms with Crippen molar-refractivity contribution in [1.29, 1.82) is 5.26 Å². The Morgan fingerprint density at radius 1 is 1.11 bits per heavy atom. The lowest BCUT2D eigenvalue weighted by Crippen LogP contribution is -2.09. The number of nitriles is 1. The number of rotatable bonds is 3. The molecule has 0 heterocycles. The molecular formula is C13H8INO3S. The highest BCUT2D eigenvalue weighted by atomic mass is 127. The first-order valence-electron chi connectivity index (χ1n) is 5.21. The minimum atomic E-state index is -3.92. The first-order valence-corrected chi connectivity index (χ1v) is 7.70. The van der Waals surface area contributed by atoms with Crippen molar-refractivity contribution < 1.29 is 12.6 Å². The van der Waals surface area contributed by atoms with Crippen molar-refractivity contribution in [3.63, 3.8) is 0 Å². The SMILES string of the molecule is N#Cc1cccc(S(=O)(=O)Oc2cccc(I)c2)c1. The van der Waals surface area contributed by atoms with E-state index in [1.165, 1.54) is 24.3 Å². The molecule has 2 aromatic carbocycles. The van der Waals surface area contributed by atoms with Crippen LogP contribution in [-0.2, 0) is 10.1 Å². The van der Waals surface area contributed by atoms with E-state index in [0.717, 1.165) is 3.57 Å². The maximum absolute atomic E-state index is 12.0. The van der Waals surface area contributed by atoms with Crippen molar-refractivity contribution in [3.8, 4) is 11.8 Å². The van der Waals surface area contributed by atoms with Gasteiger partial charge in [0.15, 0.2) is 0 Å². The fourth-order valence-corrected chi connectivity index (χ4v) is 2.90. The van der Waals surface area contributed by atoms with Crippen LogP contribution in [0.1, 0.15) is 5.56 Å². The Kier molecular flexibility index (Phi) is 4.07. The van der Waals surface area contributed by atoms with Gasteiger partial charge in [-0.15, -0.1) is 0 Å². The zero-order chi connectivity index (χ0) is 13.9. The lowest BCUT2D eigenvalue weighted by molar-refractivity contribution is 0.486. The number of halogens is 1. The minimum absolute atomic E-state index is 0.0367. The van der Waals surface area contributed by atoms with Crippen molar-refractivity contribution in [3.05, 3.63) is 57.7 Å². The van der Waals surface area contributed by atoms with Crippen LogP contribution in [-0.4, -0.2) is 8.42 Å². The van der Waals surface area contributed by atoms with Crippen LogP contribution in [0, 0.1) is 14.9 Å². The molecule has 19 heavy (non-hydrogen) atoms. The molecule has 0 saturated heterocycles. The number of hydrogen-bond donors (Lipinski definition) is 0. The van der Waals surface area contributed by atoms with Crippen LogP contribution >= 0.6 is 22.6 Å². The molecule has 6 heteroatoms. The number of benzene rings is 2. The van der Waals surface area contributed by atoms with E-state index in [0.29, 0.717) is 0 Å². The van der Waals surface area contributed by atoms with Gasteiger partial charge in [-0.1, -0.05) is 12.1 Å². The van der Waals surface area contributed by atoms with Gasteiger partial charge in [0.25, 0.3) is 0 Å². The Bertz CT molecular complexity index is 750. The Morgan fingerprint density at radius 3 is 2.53 bits per heavy atom. The molecule has 4 nitrogen and oxygen atoms in total. The summed E-state index contributed by atoms with van der Waals surface area (Å²) in [5, 5.41) is 8.77. The van der Waals surface area contributed by atoms with Crippen molar-refractivity contribution in [2.45, 2.75) is 4.90 Å². The Hall–Kier alpha value is -1.59. The van der Waals surface area contributed by atoms with Gasteiger partial charge in [-0.3, -0.25) is 0 Å². The van der Waals surface area contributed by atoms with E-state index in [9.17, 15) is 8.42 Å². The van der Waals surface area contributed by atoms with Crippen molar-refractivity contribution >= 4 is 32.7 Å². The van der Waals surface area contributed by atoms with Gasteiger partial charge in [0.2, 0.25) is 0 Å². The van der Waals surface area contributed by atoms with Gasteiger partial charge in [0, 0.05) is 3.57 Å². The molecule has 0 aliphatic rings. The Labute approximate surface area is 124 Å². The van der Waals surface area contributed by atoms with Gasteiger partial charge < -0.3 is 4.18 Å². The van der Waals surface area contributed by atoms with Crippen LogP contribution in [0.5, 0.6) is 5.75 Å². The van der Waals surface area contributed by atoms with E-state index >= 15 is 0 Å². The molecular weight excluding hydrogens is 377 g/mol. The fourth-order valence-electron chi connectivity index (χ4n) is 1.41. The average molecular weight is 385 g/mol. The molecule has 0 fully saturated rings. The molecule has 0 saturated carbocycles. The predicted molar refractivity (Wildman–Crippen MR) is 78.1 cm³/mol. The van der Waals surface area contributed by atoms with Crippen LogP contribution < -0.4 is 4.18 Å². The molecule has 0 aliphatic heterocycles. The molecule has 0 spiro atoms. The number of nitrogens with zero attached hydrogens (tertiary/aromatic N) is 1.